The van der Waals surface area contributed by atoms with Crippen LogP contribution in [0.4, 0.5) is 0 Å². The molecule has 0 saturated heterocycles. The van der Waals surface area contributed by atoms with E-state index >= 15 is 0 Å². The Morgan fingerprint density at radius 1 is 1.35 bits per heavy atom. The zero-order valence-corrected chi connectivity index (χ0v) is 13.7. The SMILES string of the molecule is CC1CCC(C(C)C)C(OCCCCC(C)(N)C#N)C1. The van der Waals surface area contributed by atoms with Gasteiger partial charge in [-0.2, -0.15) is 5.26 Å². The van der Waals surface area contributed by atoms with Crippen molar-refractivity contribution >= 4 is 0 Å². The maximum absolute atomic E-state index is 8.87. The van der Waals surface area contributed by atoms with Gasteiger partial charge in [0.2, 0.25) is 0 Å². The zero-order chi connectivity index (χ0) is 15.2. The first-order chi connectivity index (χ1) is 9.35. The summed E-state index contributed by atoms with van der Waals surface area (Å²) in [5.41, 5.74) is 5.14. The van der Waals surface area contributed by atoms with Crippen molar-refractivity contribution in [3.05, 3.63) is 0 Å². The second-order valence-corrected chi connectivity index (χ2v) is 7.22. The Labute approximate surface area is 124 Å². The van der Waals surface area contributed by atoms with Crippen LogP contribution in [-0.4, -0.2) is 18.2 Å². The molecule has 0 spiro atoms. The molecule has 0 aromatic rings. The van der Waals surface area contributed by atoms with E-state index in [0.29, 0.717) is 17.9 Å². The standard InChI is InChI=1S/C17H32N2O/c1-13(2)15-8-7-14(3)11-16(15)20-10-6-5-9-17(4,19)12-18/h13-16H,5-11,19H2,1-4H3. The predicted molar refractivity (Wildman–Crippen MR) is 83.1 cm³/mol. The molecule has 1 rings (SSSR count). The molecule has 0 amide bonds. The monoisotopic (exact) mass is 280 g/mol. The lowest BCUT2D eigenvalue weighted by atomic mass is 9.75. The predicted octanol–water partition coefficient (Wildman–Crippen LogP) is 3.88. The number of hydrogen-bond donors (Lipinski definition) is 1. The van der Waals surface area contributed by atoms with E-state index in [0.717, 1.165) is 31.8 Å². The van der Waals surface area contributed by atoms with E-state index in [2.05, 4.69) is 26.8 Å². The topological polar surface area (TPSA) is 59.0 Å². The van der Waals surface area contributed by atoms with Gasteiger partial charge in [0.1, 0.15) is 5.54 Å². The Morgan fingerprint density at radius 3 is 2.65 bits per heavy atom. The fourth-order valence-corrected chi connectivity index (χ4v) is 3.19. The van der Waals surface area contributed by atoms with Gasteiger partial charge in [-0.15, -0.1) is 0 Å². The van der Waals surface area contributed by atoms with E-state index in [1.165, 1.54) is 19.3 Å². The molecule has 0 bridgehead atoms. The van der Waals surface area contributed by atoms with E-state index in [4.69, 9.17) is 15.7 Å². The summed E-state index contributed by atoms with van der Waals surface area (Å²) in [6.07, 6.45) is 7.00. The highest BCUT2D eigenvalue weighted by molar-refractivity contribution is 5.00. The van der Waals surface area contributed by atoms with Crippen molar-refractivity contribution < 1.29 is 4.74 Å². The van der Waals surface area contributed by atoms with Gasteiger partial charge in [0.05, 0.1) is 12.2 Å². The molecule has 20 heavy (non-hydrogen) atoms. The van der Waals surface area contributed by atoms with Gasteiger partial charge in [-0.1, -0.05) is 27.2 Å². The summed E-state index contributed by atoms with van der Waals surface area (Å²) in [5, 5.41) is 8.87. The van der Waals surface area contributed by atoms with Gasteiger partial charge in [-0.3, -0.25) is 0 Å². The Hall–Kier alpha value is -0.590. The van der Waals surface area contributed by atoms with Crippen LogP contribution < -0.4 is 5.73 Å². The minimum absolute atomic E-state index is 0.430. The van der Waals surface area contributed by atoms with E-state index in [-0.39, 0.29) is 0 Å². The molecule has 1 saturated carbocycles. The molecule has 2 N–H and O–H groups in total. The summed E-state index contributed by atoms with van der Waals surface area (Å²) in [4.78, 5) is 0. The molecule has 1 aliphatic carbocycles. The molecule has 116 valence electrons. The van der Waals surface area contributed by atoms with Crippen LogP contribution in [0.5, 0.6) is 0 Å². The smallest absolute Gasteiger partial charge is 0.101 e. The van der Waals surface area contributed by atoms with Gasteiger partial charge < -0.3 is 10.5 Å². The number of ether oxygens (including phenoxy) is 1. The third kappa shape index (κ3) is 5.81. The Bertz CT molecular complexity index is 319. The van der Waals surface area contributed by atoms with Crippen molar-refractivity contribution in [2.75, 3.05) is 6.61 Å². The molecule has 4 atom stereocenters. The van der Waals surface area contributed by atoms with E-state index in [1.54, 1.807) is 6.92 Å². The molecule has 1 fully saturated rings. The summed E-state index contributed by atoms with van der Waals surface area (Å²) in [6, 6.07) is 2.15. The fraction of sp³-hybridized carbons (Fsp3) is 0.941. The molecule has 3 heteroatoms. The minimum atomic E-state index is -0.681. The highest BCUT2D eigenvalue weighted by Crippen LogP contribution is 2.35. The molecule has 4 unspecified atom stereocenters. The first-order valence-corrected chi connectivity index (χ1v) is 8.17. The summed E-state index contributed by atoms with van der Waals surface area (Å²) in [6.45, 7) is 9.56. The van der Waals surface area contributed by atoms with Crippen molar-refractivity contribution in [2.24, 2.45) is 23.5 Å². The maximum Gasteiger partial charge on any atom is 0.101 e. The van der Waals surface area contributed by atoms with Crippen LogP contribution in [0.15, 0.2) is 0 Å². The first-order valence-electron chi connectivity index (χ1n) is 8.17. The second kappa shape index (κ2) is 8.00. The summed E-state index contributed by atoms with van der Waals surface area (Å²) >= 11 is 0. The van der Waals surface area contributed by atoms with Gasteiger partial charge in [0.25, 0.3) is 0 Å². The maximum atomic E-state index is 8.87. The van der Waals surface area contributed by atoms with E-state index < -0.39 is 5.54 Å². The second-order valence-electron chi connectivity index (χ2n) is 7.22. The third-order valence-electron chi connectivity index (χ3n) is 4.64. The number of nitrogens with two attached hydrogens (primary N) is 1. The molecule has 3 nitrogen and oxygen atoms in total. The quantitative estimate of drug-likeness (QED) is 0.720. The molecular formula is C17H32N2O. The number of nitriles is 1. The summed E-state index contributed by atoms with van der Waals surface area (Å²) in [7, 11) is 0. The molecule has 0 radical (unpaired) electrons. The van der Waals surface area contributed by atoms with Crippen LogP contribution in [0.1, 0.15) is 66.2 Å². The van der Waals surface area contributed by atoms with Crippen LogP contribution in [0.25, 0.3) is 0 Å². The highest BCUT2D eigenvalue weighted by Gasteiger charge is 2.31. The van der Waals surface area contributed by atoms with Crippen molar-refractivity contribution in [1.82, 2.24) is 0 Å². The van der Waals surface area contributed by atoms with Crippen LogP contribution >= 0.6 is 0 Å². The third-order valence-corrected chi connectivity index (χ3v) is 4.64. The lowest BCUT2D eigenvalue weighted by Crippen LogP contribution is -2.35. The average Bonchev–Trinajstić information content (AvgIpc) is 2.38. The zero-order valence-electron chi connectivity index (χ0n) is 13.7. The van der Waals surface area contributed by atoms with Crippen molar-refractivity contribution in [3.8, 4) is 6.07 Å². The largest absolute Gasteiger partial charge is 0.378 e. The molecule has 0 heterocycles. The molecule has 0 aliphatic heterocycles. The van der Waals surface area contributed by atoms with Gasteiger partial charge >= 0.3 is 0 Å². The molecular weight excluding hydrogens is 248 g/mol. The number of hydrogen-bond acceptors (Lipinski definition) is 3. The fourth-order valence-electron chi connectivity index (χ4n) is 3.19. The molecule has 0 aromatic heterocycles. The normalized spacial score (nSPS) is 29.9. The summed E-state index contributed by atoms with van der Waals surface area (Å²) in [5.74, 6) is 2.21. The van der Waals surface area contributed by atoms with Crippen LogP contribution in [0, 0.1) is 29.1 Å². The van der Waals surface area contributed by atoms with E-state index in [1.807, 2.05) is 0 Å². The van der Waals surface area contributed by atoms with Crippen molar-refractivity contribution in [3.63, 3.8) is 0 Å². The highest BCUT2D eigenvalue weighted by atomic mass is 16.5. The van der Waals surface area contributed by atoms with Crippen LogP contribution in [-0.2, 0) is 4.74 Å². The van der Waals surface area contributed by atoms with E-state index in [9.17, 15) is 0 Å². The van der Waals surface area contributed by atoms with Crippen molar-refractivity contribution in [2.45, 2.75) is 77.9 Å². The van der Waals surface area contributed by atoms with Gasteiger partial charge in [0, 0.05) is 6.61 Å². The van der Waals surface area contributed by atoms with Gasteiger partial charge in [-0.05, 0) is 56.8 Å². The first kappa shape index (κ1) is 17.5. The lowest BCUT2D eigenvalue weighted by molar-refractivity contribution is -0.0395. The number of unbranched alkanes of at least 4 members (excludes halogenated alkanes) is 1. The van der Waals surface area contributed by atoms with Crippen LogP contribution in [0.2, 0.25) is 0 Å². The van der Waals surface area contributed by atoms with Crippen molar-refractivity contribution in [1.29, 1.82) is 5.26 Å². The number of nitrogens with zero attached hydrogens (tertiary/aromatic N) is 1. The van der Waals surface area contributed by atoms with Gasteiger partial charge in [-0.25, -0.2) is 0 Å². The Balaban J connectivity index is 2.27. The van der Waals surface area contributed by atoms with Gasteiger partial charge in [0.15, 0.2) is 0 Å². The molecule has 0 aromatic carbocycles. The van der Waals surface area contributed by atoms with Crippen LogP contribution in [0.3, 0.4) is 0 Å². The minimum Gasteiger partial charge on any atom is -0.378 e. The molecule has 1 aliphatic rings. The lowest BCUT2D eigenvalue weighted by Gasteiger charge is -2.37. The average molecular weight is 280 g/mol. The number of rotatable bonds is 7. The summed E-state index contributed by atoms with van der Waals surface area (Å²) < 4.78 is 6.15. The Kier molecular flexibility index (Phi) is 6.99. The Morgan fingerprint density at radius 2 is 2.05 bits per heavy atom.